The molecule has 11 nitrogen and oxygen atoms in total. The Morgan fingerprint density at radius 1 is 0.583 bits per heavy atom. The van der Waals surface area contributed by atoms with E-state index in [9.17, 15) is 34.1 Å². The molecule has 1 amide bonds. The predicted octanol–water partition coefficient (Wildman–Crippen LogP) is 8.78. The van der Waals surface area contributed by atoms with Crippen LogP contribution in [0.1, 0.15) is 181 Å². The van der Waals surface area contributed by atoms with Crippen molar-refractivity contribution in [3.63, 3.8) is 0 Å². The Bertz CT molecular complexity index is 844. The first-order valence-corrected chi connectivity index (χ1v) is 20.6. The van der Waals surface area contributed by atoms with Gasteiger partial charge in [0.15, 0.2) is 6.04 Å². The molecule has 0 aromatic rings. The number of phosphoric ester groups is 1. The average Bonchev–Trinajstić information content (AvgIpc) is 3.05. The maximum atomic E-state index is 12.2. The summed E-state index contributed by atoms with van der Waals surface area (Å²) < 4.78 is 26.7. The minimum atomic E-state index is -4.74. The van der Waals surface area contributed by atoms with E-state index in [0.717, 1.165) is 38.5 Å². The van der Waals surface area contributed by atoms with Crippen LogP contribution in [0.4, 0.5) is 0 Å². The molecular formula is C36H70NO10P. The summed E-state index contributed by atoms with van der Waals surface area (Å²) in [7, 11) is -4.74. The van der Waals surface area contributed by atoms with Gasteiger partial charge in [0.25, 0.3) is 0 Å². The van der Waals surface area contributed by atoms with Crippen molar-refractivity contribution >= 4 is 25.7 Å². The molecule has 0 fully saturated rings. The fraction of sp³-hybridized carbons (Fsp3) is 0.917. The number of carbonyl (C=O) groups excluding carboxylic acids is 2. The Morgan fingerprint density at radius 3 is 1.38 bits per heavy atom. The molecule has 0 heterocycles. The first-order chi connectivity index (χ1) is 23.1. The van der Waals surface area contributed by atoms with Gasteiger partial charge in [-0.15, -0.1) is 0 Å². The summed E-state index contributed by atoms with van der Waals surface area (Å²) in [4.78, 5) is 45.6. The number of carboxylic acid groups (broad SMARTS) is 1. The number of carboxylic acids is 1. The second-order valence-corrected chi connectivity index (χ2v) is 14.6. The number of rotatable bonds is 36. The Balaban J connectivity index is 3.93. The van der Waals surface area contributed by atoms with Crippen LogP contribution in [0.15, 0.2) is 0 Å². The molecule has 0 rings (SSSR count). The van der Waals surface area contributed by atoms with Crippen molar-refractivity contribution in [3.8, 4) is 0 Å². The number of hydrogen-bond acceptors (Lipinski definition) is 8. The second-order valence-electron chi connectivity index (χ2n) is 13.1. The third-order valence-electron chi connectivity index (χ3n) is 8.40. The van der Waals surface area contributed by atoms with Gasteiger partial charge in [-0.2, -0.15) is 0 Å². The Hall–Kier alpha value is -1.52. The predicted molar refractivity (Wildman–Crippen MR) is 190 cm³/mol. The third kappa shape index (κ3) is 31.7. The van der Waals surface area contributed by atoms with Crippen molar-refractivity contribution in [2.45, 2.75) is 193 Å². The molecule has 4 N–H and O–H groups in total. The summed E-state index contributed by atoms with van der Waals surface area (Å²) in [5, 5.41) is 21.7. The number of amides is 1. The monoisotopic (exact) mass is 707 g/mol. The molecular weight excluding hydrogens is 637 g/mol. The molecule has 3 atom stereocenters. The van der Waals surface area contributed by atoms with Crippen molar-refractivity contribution in [1.29, 1.82) is 0 Å². The number of carbonyl (C=O) groups is 3. The number of hydrogen-bond donors (Lipinski definition) is 4. The molecule has 0 spiro atoms. The van der Waals surface area contributed by atoms with Crippen molar-refractivity contribution in [1.82, 2.24) is 5.32 Å². The topological polar surface area (TPSA) is 169 Å². The quantitative estimate of drug-likeness (QED) is 0.0281. The van der Waals surface area contributed by atoms with Crippen LogP contribution >= 0.6 is 7.82 Å². The van der Waals surface area contributed by atoms with Crippen LogP contribution in [0, 0.1) is 0 Å². The van der Waals surface area contributed by atoms with Crippen molar-refractivity contribution in [2.75, 3.05) is 19.8 Å². The highest BCUT2D eigenvalue weighted by molar-refractivity contribution is 7.47. The van der Waals surface area contributed by atoms with Crippen molar-refractivity contribution < 1.29 is 47.8 Å². The molecule has 0 aromatic carbocycles. The number of nitrogens with one attached hydrogen (secondary N) is 1. The van der Waals surface area contributed by atoms with Gasteiger partial charge in [-0.1, -0.05) is 155 Å². The van der Waals surface area contributed by atoms with Crippen LogP contribution in [-0.2, 0) is 32.7 Å². The lowest BCUT2D eigenvalue weighted by Gasteiger charge is -2.18. The Kier molecular flexibility index (Phi) is 31.6. The van der Waals surface area contributed by atoms with E-state index in [0.29, 0.717) is 12.8 Å². The molecule has 0 aromatic heterocycles. The zero-order valence-corrected chi connectivity index (χ0v) is 31.2. The molecule has 0 aliphatic rings. The molecule has 0 aliphatic heterocycles. The first kappa shape index (κ1) is 46.5. The molecule has 0 radical (unpaired) electrons. The molecule has 0 aliphatic carbocycles. The minimum absolute atomic E-state index is 0.151. The van der Waals surface area contributed by atoms with E-state index >= 15 is 0 Å². The number of aliphatic hydroxyl groups is 1. The summed E-state index contributed by atoms with van der Waals surface area (Å²) in [6, 6.07) is -1.54. The standard InChI is InChI=1S/C36H70NO10P/c1-3-5-7-9-11-13-15-16-17-18-20-22-24-26-28-35(40)45-29-32(38)30-46-48(43,44)47-31-33(36(41)42)37-34(39)27-25-23-21-19-14-12-10-8-6-4-2/h32-33,38H,3-31H2,1-2H3,(H,37,39)(H,41,42)(H,43,44). The van der Waals surface area contributed by atoms with Gasteiger partial charge in [0.05, 0.1) is 13.2 Å². The lowest BCUT2D eigenvalue weighted by Crippen LogP contribution is -2.43. The van der Waals surface area contributed by atoms with Crippen LogP contribution in [-0.4, -0.2) is 64.9 Å². The van der Waals surface area contributed by atoms with E-state index in [-0.39, 0.29) is 12.8 Å². The van der Waals surface area contributed by atoms with Crippen LogP contribution in [0.3, 0.4) is 0 Å². The van der Waals surface area contributed by atoms with Gasteiger partial charge in [0, 0.05) is 12.8 Å². The lowest BCUT2D eigenvalue weighted by atomic mass is 10.0. The maximum Gasteiger partial charge on any atom is 0.472 e. The van der Waals surface area contributed by atoms with E-state index in [4.69, 9.17) is 13.8 Å². The second kappa shape index (κ2) is 32.7. The molecule has 284 valence electrons. The van der Waals surface area contributed by atoms with E-state index in [1.165, 1.54) is 103 Å². The number of aliphatic hydroxyl groups excluding tert-OH is 1. The Morgan fingerprint density at radius 2 is 0.958 bits per heavy atom. The molecule has 48 heavy (non-hydrogen) atoms. The zero-order chi connectivity index (χ0) is 35.7. The van der Waals surface area contributed by atoms with Crippen molar-refractivity contribution in [2.24, 2.45) is 0 Å². The highest BCUT2D eigenvalue weighted by atomic mass is 31.2. The van der Waals surface area contributed by atoms with Crippen LogP contribution in [0.25, 0.3) is 0 Å². The van der Waals surface area contributed by atoms with Crippen molar-refractivity contribution in [3.05, 3.63) is 0 Å². The molecule has 0 saturated heterocycles. The van der Waals surface area contributed by atoms with Crippen LogP contribution < -0.4 is 5.32 Å². The van der Waals surface area contributed by atoms with E-state index < -0.39 is 57.6 Å². The van der Waals surface area contributed by atoms with Crippen LogP contribution in [0.5, 0.6) is 0 Å². The molecule has 3 unspecified atom stereocenters. The smallest absolute Gasteiger partial charge is 0.472 e. The number of aliphatic carboxylic acids is 1. The SMILES string of the molecule is CCCCCCCCCCCCCCCCC(=O)OCC(O)COP(=O)(O)OCC(NC(=O)CCCCCCCCCCCC)C(=O)O. The first-order valence-electron chi connectivity index (χ1n) is 19.1. The number of phosphoric acid groups is 1. The summed E-state index contributed by atoms with van der Waals surface area (Å²) in [6.07, 6.45) is 27.1. The fourth-order valence-electron chi connectivity index (χ4n) is 5.37. The molecule has 0 bridgehead atoms. The molecule has 12 heteroatoms. The van der Waals surface area contributed by atoms with Gasteiger partial charge in [-0.3, -0.25) is 18.6 Å². The summed E-state index contributed by atoms with van der Waals surface area (Å²) in [6.45, 7) is 2.56. The third-order valence-corrected chi connectivity index (χ3v) is 9.35. The van der Waals surface area contributed by atoms with Gasteiger partial charge in [0.1, 0.15) is 12.7 Å². The van der Waals surface area contributed by atoms with Gasteiger partial charge in [-0.05, 0) is 12.8 Å². The number of ether oxygens (including phenoxy) is 1. The van der Waals surface area contributed by atoms with Gasteiger partial charge in [-0.25, -0.2) is 9.36 Å². The largest absolute Gasteiger partial charge is 0.480 e. The summed E-state index contributed by atoms with van der Waals surface area (Å²) >= 11 is 0. The summed E-state index contributed by atoms with van der Waals surface area (Å²) in [5.41, 5.74) is 0. The van der Waals surface area contributed by atoms with Gasteiger partial charge in [0.2, 0.25) is 5.91 Å². The number of esters is 1. The van der Waals surface area contributed by atoms with Gasteiger partial charge >= 0.3 is 19.8 Å². The highest BCUT2D eigenvalue weighted by Crippen LogP contribution is 2.43. The molecule has 0 saturated carbocycles. The number of unbranched alkanes of at least 4 members (excludes halogenated alkanes) is 22. The summed E-state index contributed by atoms with van der Waals surface area (Å²) in [5.74, 6) is -2.36. The average molecular weight is 708 g/mol. The lowest BCUT2D eigenvalue weighted by molar-refractivity contribution is -0.147. The van der Waals surface area contributed by atoms with E-state index in [1.807, 2.05) is 0 Å². The van der Waals surface area contributed by atoms with E-state index in [1.54, 1.807) is 0 Å². The highest BCUT2D eigenvalue weighted by Gasteiger charge is 2.28. The van der Waals surface area contributed by atoms with Crippen LogP contribution in [0.2, 0.25) is 0 Å². The Labute approximate surface area is 291 Å². The minimum Gasteiger partial charge on any atom is -0.480 e. The van der Waals surface area contributed by atoms with E-state index in [2.05, 4.69) is 19.2 Å². The maximum absolute atomic E-state index is 12.2. The van der Waals surface area contributed by atoms with Gasteiger partial charge < -0.3 is 25.2 Å². The zero-order valence-electron chi connectivity index (χ0n) is 30.3. The normalized spacial score (nSPS) is 13.9. The fourth-order valence-corrected chi connectivity index (χ4v) is 6.15.